The van der Waals surface area contributed by atoms with Crippen LogP contribution in [0.15, 0.2) is 40.5 Å². The van der Waals surface area contributed by atoms with E-state index >= 15 is 0 Å². The fourth-order valence-electron chi connectivity index (χ4n) is 2.43. The van der Waals surface area contributed by atoms with Crippen LogP contribution in [0.2, 0.25) is 0 Å². The Morgan fingerprint density at radius 3 is 2.65 bits per heavy atom. The highest BCUT2D eigenvalue weighted by Crippen LogP contribution is 2.24. The van der Waals surface area contributed by atoms with Crippen LogP contribution in [-0.4, -0.2) is 33.9 Å². The Balaban J connectivity index is 2.11. The predicted octanol–water partition coefficient (Wildman–Crippen LogP) is 2.93. The second-order valence-electron chi connectivity index (χ2n) is 5.63. The maximum absolute atomic E-state index is 12.1. The molecule has 118 valence electrons. The molecule has 0 aliphatic heterocycles. The number of hydrogen-bond acceptors (Lipinski definition) is 5. The normalized spacial score (nSPS) is 11.1. The van der Waals surface area contributed by atoms with Gasteiger partial charge < -0.3 is 9.88 Å². The molecule has 1 aromatic carbocycles. The molecule has 0 amide bonds. The van der Waals surface area contributed by atoms with Crippen molar-refractivity contribution in [2.24, 2.45) is 0 Å². The molecule has 2 heterocycles. The largest absolute Gasteiger partial charge is 0.306 e. The summed E-state index contributed by atoms with van der Waals surface area (Å²) in [5, 5.41) is 2.88. The van der Waals surface area contributed by atoms with E-state index in [4.69, 9.17) is 0 Å². The second kappa shape index (κ2) is 6.44. The van der Waals surface area contributed by atoms with Crippen molar-refractivity contribution in [2.75, 3.05) is 14.1 Å². The Morgan fingerprint density at radius 2 is 1.96 bits per heavy atom. The van der Waals surface area contributed by atoms with Crippen LogP contribution in [0.3, 0.4) is 0 Å². The van der Waals surface area contributed by atoms with Crippen molar-refractivity contribution in [3.05, 3.63) is 56.6 Å². The number of aromatic amines is 1. The highest BCUT2D eigenvalue weighted by atomic mass is 32.1. The van der Waals surface area contributed by atoms with Gasteiger partial charge in [0.05, 0.1) is 10.7 Å². The highest BCUT2D eigenvalue weighted by molar-refractivity contribution is 7.09. The lowest BCUT2D eigenvalue weighted by molar-refractivity contribution is 0.403. The number of aryl methyl sites for hydroxylation is 1. The van der Waals surface area contributed by atoms with Crippen LogP contribution in [0.4, 0.5) is 0 Å². The van der Waals surface area contributed by atoms with Crippen molar-refractivity contribution in [1.29, 1.82) is 0 Å². The lowest BCUT2D eigenvalue weighted by Crippen LogP contribution is -2.13. The molecule has 0 spiro atoms. The van der Waals surface area contributed by atoms with Crippen LogP contribution in [0.25, 0.3) is 22.8 Å². The van der Waals surface area contributed by atoms with E-state index in [1.807, 2.05) is 44.6 Å². The summed E-state index contributed by atoms with van der Waals surface area (Å²) >= 11 is 1.55. The summed E-state index contributed by atoms with van der Waals surface area (Å²) < 4.78 is 0. The van der Waals surface area contributed by atoms with Crippen molar-refractivity contribution in [3.63, 3.8) is 0 Å². The van der Waals surface area contributed by atoms with Crippen LogP contribution >= 0.6 is 11.3 Å². The van der Waals surface area contributed by atoms with Gasteiger partial charge in [0.2, 0.25) is 0 Å². The zero-order valence-corrected chi connectivity index (χ0v) is 14.1. The SMILES string of the molecule is Cc1nc(-c2cc(=O)[nH]c(-c3ccccc3CN(C)C)n2)cs1. The quantitative estimate of drug-likeness (QED) is 0.801. The van der Waals surface area contributed by atoms with Crippen LogP contribution in [0.5, 0.6) is 0 Å². The van der Waals surface area contributed by atoms with Gasteiger partial charge >= 0.3 is 0 Å². The lowest BCUT2D eigenvalue weighted by atomic mass is 10.1. The second-order valence-corrected chi connectivity index (χ2v) is 6.69. The smallest absolute Gasteiger partial charge is 0.251 e. The van der Waals surface area contributed by atoms with E-state index in [1.165, 1.54) is 6.07 Å². The predicted molar refractivity (Wildman–Crippen MR) is 93.5 cm³/mol. The molecular formula is C17H18N4OS. The number of benzene rings is 1. The van der Waals surface area contributed by atoms with E-state index in [9.17, 15) is 4.79 Å². The number of rotatable bonds is 4. The molecule has 3 aromatic rings. The Labute approximate surface area is 138 Å². The van der Waals surface area contributed by atoms with Gasteiger partial charge in [0, 0.05) is 23.6 Å². The van der Waals surface area contributed by atoms with E-state index in [0.717, 1.165) is 28.4 Å². The van der Waals surface area contributed by atoms with Crippen molar-refractivity contribution < 1.29 is 0 Å². The summed E-state index contributed by atoms with van der Waals surface area (Å²) in [6.07, 6.45) is 0. The van der Waals surface area contributed by atoms with Crippen LogP contribution in [0, 0.1) is 6.92 Å². The Hall–Kier alpha value is -2.31. The third kappa shape index (κ3) is 3.55. The molecule has 0 unspecified atom stereocenters. The Morgan fingerprint density at radius 1 is 1.17 bits per heavy atom. The molecule has 0 saturated heterocycles. The summed E-state index contributed by atoms with van der Waals surface area (Å²) in [6, 6.07) is 9.47. The van der Waals surface area contributed by atoms with Gasteiger partial charge in [-0.25, -0.2) is 9.97 Å². The fraction of sp³-hybridized carbons (Fsp3) is 0.235. The fourth-order valence-corrected chi connectivity index (χ4v) is 3.03. The van der Waals surface area contributed by atoms with Crippen molar-refractivity contribution in [1.82, 2.24) is 19.9 Å². The first kappa shape index (κ1) is 15.6. The first-order valence-electron chi connectivity index (χ1n) is 7.30. The molecule has 6 heteroatoms. The van der Waals surface area contributed by atoms with Crippen LogP contribution in [0.1, 0.15) is 10.6 Å². The third-order valence-corrected chi connectivity index (χ3v) is 4.16. The number of thiazole rings is 1. The lowest BCUT2D eigenvalue weighted by Gasteiger charge is -2.13. The molecule has 0 atom stereocenters. The average molecular weight is 326 g/mol. The maximum atomic E-state index is 12.1. The van der Waals surface area contributed by atoms with Gasteiger partial charge in [-0.2, -0.15) is 0 Å². The molecule has 3 rings (SSSR count). The zero-order valence-electron chi connectivity index (χ0n) is 13.3. The average Bonchev–Trinajstić information content (AvgIpc) is 2.93. The van der Waals surface area contributed by atoms with E-state index < -0.39 is 0 Å². The topological polar surface area (TPSA) is 61.9 Å². The Kier molecular flexibility index (Phi) is 4.36. The van der Waals surface area contributed by atoms with E-state index in [0.29, 0.717) is 11.5 Å². The monoisotopic (exact) mass is 326 g/mol. The third-order valence-electron chi connectivity index (χ3n) is 3.38. The number of nitrogens with one attached hydrogen (secondary N) is 1. The first-order valence-corrected chi connectivity index (χ1v) is 8.18. The van der Waals surface area contributed by atoms with Crippen LogP contribution in [-0.2, 0) is 6.54 Å². The van der Waals surface area contributed by atoms with Crippen molar-refractivity contribution in [3.8, 4) is 22.8 Å². The van der Waals surface area contributed by atoms with E-state index in [2.05, 4.69) is 25.9 Å². The van der Waals surface area contributed by atoms with Gasteiger partial charge in [-0.05, 0) is 26.6 Å². The summed E-state index contributed by atoms with van der Waals surface area (Å²) in [7, 11) is 4.03. The van der Waals surface area contributed by atoms with Gasteiger partial charge in [0.1, 0.15) is 11.5 Å². The van der Waals surface area contributed by atoms with Gasteiger partial charge in [-0.3, -0.25) is 4.79 Å². The Bertz CT molecular complexity index is 882. The van der Waals surface area contributed by atoms with E-state index in [1.54, 1.807) is 11.3 Å². The van der Waals surface area contributed by atoms with Gasteiger partial charge in [-0.15, -0.1) is 11.3 Å². The molecule has 0 saturated carbocycles. The number of hydrogen-bond donors (Lipinski definition) is 1. The van der Waals surface area contributed by atoms with Crippen molar-refractivity contribution >= 4 is 11.3 Å². The molecule has 23 heavy (non-hydrogen) atoms. The molecule has 0 bridgehead atoms. The summed E-state index contributed by atoms with van der Waals surface area (Å²) in [6.45, 7) is 2.72. The zero-order chi connectivity index (χ0) is 16.4. The highest BCUT2D eigenvalue weighted by Gasteiger charge is 2.11. The first-order chi connectivity index (χ1) is 11.0. The number of aromatic nitrogens is 3. The van der Waals surface area contributed by atoms with Gasteiger partial charge in [0.15, 0.2) is 0 Å². The molecule has 5 nitrogen and oxygen atoms in total. The molecule has 1 N–H and O–H groups in total. The minimum Gasteiger partial charge on any atom is -0.306 e. The summed E-state index contributed by atoms with van der Waals surface area (Å²) in [5.41, 5.74) is 3.23. The molecule has 0 radical (unpaired) electrons. The molecule has 0 fully saturated rings. The van der Waals surface area contributed by atoms with Gasteiger partial charge in [-0.1, -0.05) is 24.3 Å². The van der Waals surface area contributed by atoms with E-state index in [-0.39, 0.29) is 5.56 Å². The molecule has 0 aliphatic carbocycles. The maximum Gasteiger partial charge on any atom is 0.251 e. The minimum absolute atomic E-state index is 0.171. The summed E-state index contributed by atoms with van der Waals surface area (Å²) in [4.78, 5) is 26.0. The van der Waals surface area contributed by atoms with Crippen molar-refractivity contribution in [2.45, 2.75) is 13.5 Å². The van der Waals surface area contributed by atoms with Gasteiger partial charge in [0.25, 0.3) is 5.56 Å². The van der Waals surface area contributed by atoms with Crippen LogP contribution < -0.4 is 5.56 Å². The standard InChI is InChI=1S/C17H18N4OS/c1-11-18-15(10-23-11)14-8-16(22)20-17(19-14)13-7-5-4-6-12(13)9-21(2)3/h4-8,10H,9H2,1-3H3,(H,19,20,22). The summed E-state index contributed by atoms with van der Waals surface area (Å²) in [5.74, 6) is 0.579. The molecular weight excluding hydrogens is 308 g/mol. The molecule has 2 aromatic heterocycles. The number of nitrogens with zero attached hydrogens (tertiary/aromatic N) is 3. The molecule has 0 aliphatic rings. The minimum atomic E-state index is -0.171. The number of H-pyrrole nitrogens is 1.